The lowest BCUT2D eigenvalue weighted by molar-refractivity contribution is -0.149. The van der Waals surface area contributed by atoms with E-state index in [9.17, 15) is 9.59 Å². The number of carbonyl (C=O) groups is 2. The van der Waals surface area contributed by atoms with Gasteiger partial charge in [-0.3, -0.25) is 4.79 Å². The van der Waals surface area contributed by atoms with E-state index in [1.54, 1.807) is 6.07 Å². The summed E-state index contributed by atoms with van der Waals surface area (Å²) in [5.74, 6) is 0.541. The van der Waals surface area contributed by atoms with Crippen LogP contribution in [0.1, 0.15) is 30.9 Å². The quantitative estimate of drug-likeness (QED) is 0.589. The summed E-state index contributed by atoms with van der Waals surface area (Å²) in [6, 6.07) is 8.69. The van der Waals surface area contributed by atoms with E-state index in [2.05, 4.69) is 19.2 Å². The number of esters is 1. The molecule has 2 aromatic carbocycles. The lowest BCUT2D eigenvalue weighted by Crippen LogP contribution is -2.24. The van der Waals surface area contributed by atoms with Gasteiger partial charge in [-0.2, -0.15) is 0 Å². The van der Waals surface area contributed by atoms with E-state index >= 15 is 0 Å². The summed E-state index contributed by atoms with van der Waals surface area (Å²) in [6.45, 7) is 5.44. The SMILES string of the molecule is COc1cc(OC)c(NC(=O)COC(=O)COc2ccc(C(C)C)c(C)c2)cc1Cl. The third-order valence-electron chi connectivity index (χ3n) is 4.33. The van der Waals surface area contributed by atoms with E-state index < -0.39 is 18.5 Å². The molecule has 0 atom stereocenters. The van der Waals surface area contributed by atoms with Crippen LogP contribution >= 0.6 is 11.6 Å². The molecule has 30 heavy (non-hydrogen) atoms. The largest absolute Gasteiger partial charge is 0.495 e. The molecule has 2 rings (SSSR count). The van der Waals surface area contributed by atoms with Crippen LogP contribution in [0.3, 0.4) is 0 Å². The Balaban J connectivity index is 1.86. The van der Waals surface area contributed by atoms with Crippen molar-refractivity contribution in [1.82, 2.24) is 0 Å². The molecule has 1 amide bonds. The smallest absolute Gasteiger partial charge is 0.344 e. The Bertz CT molecular complexity index is 913. The maximum atomic E-state index is 12.1. The van der Waals surface area contributed by atoms with Crippen molar-refractivity contribution in [2.24, 2.45) is 0 Å². The minimum Gasteiger partial charge on any atom is -0.495 e. The van der Waals surface area contributed by atoms with Crippen LogP contribution in [0.4, 0.5) is 5.69 Å². The van der Waals surface area contributed by atoms with Gasteiger partial charge in [0.25, 0.3) is 5.91 Å². The topological polar surface area (TPSA) is 83.1 Å². The Hall–Kier alpha value is -2.93. The molecule has 0 fully saturated rings. The molecule has 0 saturated carbocycles. The fourth-order valence-electron chi connectivity index (χ4n) is 2.86. The van der Waals surface area contributed by atoms with Gasteiger partial charge in [0.1, 0.15) is 17.2 Å². The minimum atomic E-state index is -0.657. The van der Waals surface area contributed by atoms with Gasteiger partial charge in [-0.15, -0.1) is 0 Å². The van der Waals surface area contributed by atoms with Crippen LogP contribution in [0.2, 0.25) is 5.02 Å². The maximum Gasteiger partial charge on any atom is 0.344 e. The Labute approximate surface area is 181 Å². The van der Waals surface area contributed by atoms with Crippen molar-refractivity contribution in [2.75, 3.05) is 32.8 Å². The summed E-state index contributed by atoms with van der Waals surface area (Å²) in [7, 11) is 2.92. The predicted molar refractivity (Wildman–Crippen MR) is 115 cm³/mol. The number of hydrogen-bond donors (Lipinski definition) is 1. The Morgan fingerprint density at radius 2 is 1.73 bits per heavy atom. The molecule has 0 unspecified atom stereocenters. The number of nitrogens with one attached hydrogen (secondary N) is 1. The second-order valence-electron chi connectivity index (χ2n) is 6.86. The summed E-state index contributed by atoms with van der Waals surface area (Å²) < 4.78 is 20.7. The van der Waals surface area contributed by atoms with Gasteiger partial charge in [-0.05, 0) is 42.2 Å². The van der Waals surface area contributed by atoms with Crippen molar-refractivity contribution in [3.05, 3.63) is 46.5 Å². The van der Waals surface area contributed by atoms with Crippen molar-refractivity contribution >= 4 is 29.2 Å². The van der Waals surface area contributed by atoms with E-state index in [0.29, 0.717) is 33.9 Å². The molecule has 0 aromatic heterocycles. The van der Waals surface area contributed by atoms with Gasteiger partial charge < -0.3 is 24.3 Å². The summed E-state index contributed by atoms with van der Waals surface area (Å²) in [4.78, 5) is 24.0. The maximum absolute atomic E-state index is 12.1. The van der Waals surface area contributed by atoms with Gasteiger partial charge in [-0.25, -0.2) is 4.79 Å². The lowest BCUT2D eigenvalue weighted by Gasteiger charge is -2.13. The Morgan fingerprint density at radius 3 is 2.33 bits per heavy atom. The fourth-order valence-corrected chi connectivity index (χ4v) is 3.10. The number of anilines is 1. The summed E-state index contributed by atoms with van der Waals surface area (Å²) in [5, 5.41) is 2.89. The molecule has 0 aliphatic carbocycles. The number of halogens is 1. The number of aryl methyl sites for hydroxylation is 1. The number of methoxy groups -OCH3 is 2. The summed E-state index contributed by atoms with van der Waals surface area (Å²) in [6.07, 6.45) is 0. The van der Waals surface area contributed by atoms with Crippen LogP contribution in [-0.2, 0) is 14.3 Å². The van der Waals surface area contributed by atoms with Crippen LogP contribution in [-0.4, -0.2) is 39.3 Å². The number of carbonyl (C=O) groups excluding carboxylic acids is 2. The number of ether oxygens (including phenoxy) is 4. The first-order chi connectivity index (χ1) is 14.2. The first kappa shape index (κ1) is 23.3. The molecule has 0 spiro atoms. The molecule has 0 bridgehead atoms. The van der Waals surface area contributed by atoms with Crippen molar-refractivity contribution < 1.29 is 28.5 Å². The minimum absolute atomic E-state index is 0.300. The molecular formula is C22H26ClNO6. The van der Waals surface area contributed by atoms with E-state index in [4.69, 9.17) is 30.5 Å². The zero-order chi connectivity index (χ0) is 22.3. The average Bonchev–Trinajstić information content (AvgIpc) is 2.70. The Kier molecular flexibility index (Phi) is 8.35. The van der Waals surface area contributed by atoms with Crippen LogP contribution in [0, 0.1) is 6.92 Å². The molecule has 2 aromatic rings. The first-order valence-corrected chi connectivity index (χ1v) is 9.73. The van der Waals surface area contributed by atoms with Gasteiger partial charge in [0.05, 0.1) is 24.9 Å². The zero-order valence-corrected chi connectivity index (χ0v) is 18.5. The molecule has 0 aliphatic heterocycles. The van der Waals surface area contributed by atoms with Crippen molar-refractivity contribution in [2.45, 2.75) is 26.7 Å². The van der Waals surface area contributed by atoms with Gasteiger partial charge in [0, 0.05) is 6.07 Å². The van der Waals surface area contributed by atoms with Crippen LogP contribution in [0.25, 0.3) is 0 Å². The summed E-state index contributed by atoms with van der Waals surface area (Å²) >= 11 is 6.07. The standard InChI is InChI=1S/C22H26ClNO6/c1-13(2)16-7-6-15(8-14(16)3)29-12-22(26)30-11-21(25)24-18-9-17(23)19(27-4)10-20(18)28-5/h6-10,13H,11-12H2,1-5H3,(H,24,25). The van der Waals surface area contributed by atoms with Gasteiger partial charge in [0.15, 0.2) is 13.2 Å². The molecule has 0 heterocycles. The highest BCUT2D eigenvalue weighted by molar-refractivity contribution is 6.32. The lowest BCUT2D eigenvalue weighted by atomic mass is 9.98. The van der Waals surface area contributed by atoms with E-state index in [1.165, 1.54) is 25.8 Å². The van der Waals surface area contributed by atoms with E-state index in [0.717, 1.165) is 5.56 Å². The van der Waals surface area contributed by atoms with Crippen molar-refractivity contribution in [1.29, 1.82) is 0 Å². The monoisotopic (exact) mass is 435 g/mol. The van der Waals surface area contributed by atoms with Crippen LogP contribution < -0.4 is 19.5 Å². The first-order valence-electron chi connectivity index (χ1n) is 9.35. The predicted octanol–water partition coefficient (Wildman–Crippen LogP) is 4.35. The number of rotatable bonds is 9. The third-order valence-corrected chi connectivity index (χ3v) is 4.63. The van der Waals surface area contributed by atoms with Crippen LogP contribution in [0.15, 0.2) is 30.3 Å². The second kappa shape index (κ2) is 10.7. The fraction of sp³-hybridized carbons (Fsp3) is 0.364. The highest BCUT2D eigenvalue weighted by Crippen LogP contribution is 2.35. The number of benzene rings is 2. The highest BCUT2D eigenvalue weighted by Gasteiger charge is 2.14. The third kappa shape index (κ3) is 6.29. The molecule has 8 heteroatoms. The molecule has 162 valence electrons. The normalized spacial score (nSPS) is 10.5. The summed E-state index contributed by atoms with van der Waals surface area (Å²) in [5.41, 5.74) is 2.64. The van der Waals surface area contributed by atoms with Gasteiger partial charge in [-0.1, -0.05) is 31.5 Å². The van der Waals surface area contributed by atoms with Gasteiger partial charge >= 0.3 is 5.97 Å². The molecule has 0 radical (unpaired) electrons. The molecule has 7 nitrogen and oxygen atoms in total. The molecule has 1 N–H and O–H groups in total. The number of amides is 1. The van der Waals surface area contributed by atoms with Crippen molar-refractivity contribution in [3.8, 4) is 17.2 Å². The molecule has 0 aliphatic rings. The van der Waals surface area contributed by atoms with E-state index in [-0.39, 0.29) is 6.61 Å². The number of hydrogen-bond acceptors (Lipinski definition) is 6. The zero-order valence-electron chi connectivity index (χ0n) is 17.7. The van der Waals surface area contributed by atoms with Gasteiger partial charge in [0.2, 0.25) is 0 Å². The van der Waals surface area contributed by atoms with Crippen LogP contribution in [0.5, 0.6) is 17.2 Å². The molecule has 0 saturated heterocycles. The van der Waals surface area contributed by atoms with E-state index in [1.807, 2.05) is 25.1 Å². The average molecular weight is 436 g/mol. The molecular weight excluding hydrogens is 410 g/mol. The Morgan fingerprint density at radius 1 is 1.03 bits per heavy atom. The highest BCUT2D eigenvalue weighted by atomic mass is 35.5. The second-order valence-corrected chi connectivity index (χ2v) is 7.26. The van der Waals surface area contributed by atoms with Crippen molar-refractivity contribution in [3.63, 3.8) is 0 Å².